The van der Waals surface area contributed by atoms with E-state index in [1.54, 1.807) is 6.92 Å². The van der Waals surface area contributed by atoms with Crippen molar-refractivity contribution < 1.29 is 58.9 Å². The molecule has 1 N–H and O–H groups in total. The van der Waals surface area contributed by atoms with E-state index in [1.165, 1.54) is 0 Å². The van der Waals surface area contributed by atoms with Gasteiger partial charge in [0.05, 0.1) is 5.25 Å². The van der Waals surface area contributed by atoms with Crippen molar-refractivity contribution in [3.05, 3.63) is 68.8 Å². The minimum atomic E-state index is -1.09. The molecule has 1 saturated heterocycles. The molecule has 0 bridgehead atoms. The largest absolute Gasteiger partial charge is 0.489 e. The van der Waals surface area contributed by atoms with Gasteiger partial charge in [-0.1, -0.05) is 23.9 Å². The third kappa shape index (κ3) is 7.02. The smallest absolute Gasteiger partial charge is 0.286 e. The van der Waals surface area contributed by atoms with E-state index in [4.69, 9.17) is 14.2 Å². The minimum Gasteiger partial charge on any atom is -0.489 e. The molecule has 14 heteroatoms. The molecule has 2 aliphatic heterocycles. The summed E-state index contributed by atoms with van der Waals surface area (Å²) in [5.41, 5.74) is 3.42. The Bertz CT molecular complexity index is 1310. The van der Waals surface area contributed by atoms with Crippen molar-refractivity contribution in [2.24, 2.45) is 0 Å². The monoisotopic (exact) mass is 997 g/mol. The second kappa shape index (κ2) is 12.7. The molecule has 4 rings (SSSR count). The summed E-state index contributed by atoms with van der Waals surface area (Å²) in [7, 11) is 0. The van der Waals surface area contributed by atoms with E-state index in [0.29, 0.717) is 55.3 Å². The van der Waals surface area contributed by atoms with E-state index in [9.17, 15) is 24.5 Å². The topological polar surface area (TPSA) is 143 Å². The standard InChI is InChI=1S/C26H27N2O9S.Re.Rf/c1-14-15(2)23-19(16(3)22(14)36-21(29)12-35-28(32)33)9-10-26(4,37-23)13-34-18-7-5-17(6-8-18)11-20-24(30)27-25(31)38-20;;/h5-8,12,20H,9-11,13H2,1-4H3,(H,27,30,31);;/q-1;;. The van der Waals surface area contributed by atoms with Crippen LogP contribution in [-0.4, -0.2) is 39.7 Å². The van der Waals surface area contributed by atoms with E-state index in [1.807, 2.05) is 45.0 Å². The van der Waals surface area contributed by atoms with Crippen LogP contribution >= 0.6 is 11.8 Å². The summed E-state index contributed by atoms with van der Waals surface area (Å²) in [5, 5.41) is 10.8. The number of nitrogens with one attached hydrogen (secondary N) is 1. The second-order valence-corrected chi connectivity index (χ2v) is 10.6. The third-order valence-corrected chi connectivity index (χ3v) is 7.64. The Morgan fingerprint density at radius 2 is 1.88 bits per heavy atom. The molecule has 40 heavy (non-hydrogen) atoms. The van der Waals surface area contributed by atoms with Gasteiger partial charge in [-0.2, -0.15) is 0 Å². The van der Waals surface area contributed by atoms with Gasteiger partial charge in [-0.25, -0.2) is 0 Å². The molecule has 2 aromatic carbocycles. The average Bonchev–Trinajstić information content (AvgIpc) is 3.19. The molecule has 1 radical (unpaired) electrons. The first-order valence-electron chi connectivity index (χ1n) is 11.9. The summed E-state index contributed by atoms with van der Waals surface area (Å²) in [6.45, 7) is 8.15. The van der Waals surface area contributed by atoms with Gasteiger partial charge in [0.1, 0.15) is 29.5 Å². The number of thioether (sulfide) groups is 1. The molecular formula is C26H27N2O9ReRfS-. The van der Waals surface area contributed by atoms with Gasteiger partial charge in [-0.15, -0.1) is 16.7 Å². The number of benzene rings is 2. The van der Waals surface area contributed by atoms with Crippen LogP contribution in [0.5, 0.6) is 17.2 Å². The summed E-state index contributed by atoms with van der Waals surface area (Å²) in [6, 6.07) is 7.40. The van der Waals surface area contributed by atoms with Crippen LogP contribution < -0.4 is 19.5 Å². The third-order valence-electron chi connectivity index (χ3n) is 6.66. The van der Waals surface area contributed by atoms with Crippen molar-refractivity contribution in [1.82, 2.24) is 5.32 Å². The van der Waals surface area contributed by atoms with Crippen LogP contribution in [0.1, 0.15) is 41.2 Å². The van der Waals surface area contributed by atoms with E-state index in [0.717, 1.165) is 34.0 Å². The molecule has 2 unspecified atom stereocenters. The normalized spacial score (nSPS) is 19.1. The molecule has 2 heterocycles. The van der Waals surface area contributed by atoms with Crippen molar-refractivity contribution in [3.63, 3.8) is 0 Å². The van der Waals surface area contributed by atoms with Gasteiger partial charge in [0.25, 0.3) is 10.3 Å². The maximum Gasteiger partial charge on any atom is 0.286 e. The van der Waals surface area contributed by atoms with Gasteiger partial charge >= 0.3 is 0 Å². The molecule has 0 aliphatic carbocycles. The number of carbonyl (C=O) groups excluding carboxylic acids is 3. The molecule has 2 atom stereocenters. The first-order valence-corrected chi connectivity index (χ1v) is 12.7. The van der Waals surface area contributed by atoms with E-state index in [2.05, 4.69) is 10.2 Å². The summed E-state index contributed by atoms with van der Waals surface area (Å²) < 4.78 is 17.8. The Hall–Kier alpha value is -4.27. The van der Waals surface area contributed by atoms with Crippen LogP contribution in [0, 0.1) is 37.5 Å². The number of amides is 2. The van der Waals surface area contributed by atoms with Crippen LogP contribution in [0.3, 0.4) is 0 Å². The zero-order valence-electron chi connectivity index (χ0n) is 22.4. The zero-order valence-corrected chi connectivity index (χ0v) is 32.3. The summed E-state index contributed by atoms with van der Waals surface area (Å²) in [5.74, 6) is 0.447. The number of nitrogens with zero attached hydrogens (tertiary/aromatic N) is 1. The Morgan fingerprint density at radius 1 is 1.20 bits per heavy atom. The fourth-order valence-electron chi connectivity index (χ4n) is 4.45. The average molecular weight is 997 g/mol. The maximum absolute atomic E-state index is 12.0. The number of imide groups is 1. The fraction of sp³-hybridized carbons (Fsp3) is 0.385. The van der Waals surface area contributed by atoms with E-state index in [-0.39, 0.29) is 31.6 Å². The van der Waals surface area contributed by atoms with Crippen LogP contribution in [-0.2, 0) is 47.7 Å². The Labute approximate surface area is 243 Å². The van der Waals surface area contributed by atoms with Crippen molar-refractivity contribution in [1.29, 1.82) is 0 Å². The second-order valence-electron chi connectivity index (χ2n) is 9.45. The van der Waals surface area contributed by atoms with Crippen LogP contribution in [0.25, 0.3) is 0 Å². The first kappa shape index (κ1) is 31.9. The fourth-order valence-corrected chi connectivity index (χ4v) is 5.31. The summed E-state index contributed by atoms with van der Waals surface area (Å²) in [6.07, 6.45) is 1.75. The Kier molecular flexibility index (Phi) is 10.2. The maximum atomic E-state index is 12.0. The molecule has 2 amide bonds. The number of carbonyl (C=O) groups is 3. The number of hydrogen-bond acceptors (Lipinski definition) is 10. The quantitative estimate of drug-likeness (QED) is 0.129. The van der Waals surface area contributed by atoms with Gasteiger partial charge < -0.3 is 19.0 Å². The van der Waals surface area contributed by atoms with Crippen molar-refractivity contribution in [3.8, 4) is 17.2 Å². The first-order chi connectivity index (χ1) is 18.0. The Balaban J connectivity index is 0.00000280. The molecule has 1 fully saturated rings. The molecule has 2 aromatic rings. The molecular weight excluding hydrogens is 970 g/mol. The molecule has 0 aromatic heterocycles. The number of rotatable bonds is 9. The number of esters is 1. The van der Waals surface area contributed by atoms with Crippen LogP contribution in [0.2, 0.25) is 0 Å². The predicted octanol–water partition coefficient (Wildman–Crippen LogP) is 3.94. The van der Waals surface area contributed by atoms with Gasteiger partial charge in [0.2, 0.25) is 5.91 Å². The van der Waals surface area contributed by atoms with E-state index >= 15 is 0 Å². The molecule has 0 spiro atoms. The Morgan fingerprint density at radius 3 is 2.48 bits per heavy atom. The zero-order chi connectivity index (χ0) is 27.6. The predicted molar refractivity (Wildman–Crippen MR) is 137 cm³/mol. The minimum absolute atomic E-state index is 0. The van der Waals surface area contributed by atoms with Gasteiger partial charge in [0, 0.05) is 26.0 Å². The van der Waals surface area contributed by atoms with Gasteiger partial charge in [0.15, 0.2) is 5.97 Å². The SMILES string of the molecule is Cc1c(C)c2c(c(C)c1OC(=O)[CH-]O[N+](=O)[O-])CCC(C)(COc1ccc(CC3SC(=O)NC3=O)cc1)O2.[Re].[Rf]. The summed E-state index contributed by atoms with van der Waals surface area (Å²) >= 11 is 1.00. The van der Waals surface area contributed by atoms with Gasteiger partial charge in [-0.3, -0.25) is 19.7 Å². The summed E-state index contributed by atoms with van der Waals surface area (Å²) in [4.78, 5) is 49.5. The molecule has 0 saturated carbocycles. The van der Waals surface area contributed by atoms with E-state index < -0.39 is 21.9 Å². The van der Waals surface area contributed by atoms with Crippen LogP contribution in [0.4, 0.5) is 4.79 Å². The molecule has 2 aliphatic rings. The molecule has 11 nitrogen and oxygen atoms in total. The van der Waals surface area contributed by atoms with Crippen molar-refractivity contribution in [2.75, 3.05) is 6.61 Å². The number of ether oxygens (including phenoxy) is 3. The van der Waals surface area contributed by atoms with Crippen LogP contribution in [0.15, 0.2) is 24.3 Å². The van der Waals surface area contributed by atoms with Crippen molar-refractivity contribution >= 4 is 28.9 Å². The number of hydrogen-bond donors (Lipinski definition) is 1. The number of fused-ring (bicyclic) bond motifs is 1. The molecule has 211 valence electrons. The van der Waals surface area contributed by atoms with Crippen molar-refractivity contribution in [2.45, 2.75) is 57.8 Å². The van der Waals surface area contributed by atoms with Gasteiger partial charge in [-0.05, 0) is 81.3 Å².